The summed E-state index contributed by atoms with van der Waals surface area (Å²) in [5, 5.41) is 2.48. The van der Waals surface area contributed by atoms with Gasteiger partial charge in [-0.3, -0.25) is 14.5 Å². The fraction of sp³-hybridized carbons (Fsp3) is 0.609. The molecule has 2 fully saturated rings. The lowest BCUT2D eigenvalue weighted by atomic mass is 9.68. The smallest absolute Gasteiger partial charge is 0.321 e. The van der Waals surface area contributed by atoms with Crippen LogP contribution in [0.4, 0.5) is 4.79 Å². The lowest BCUT2D eigenvalue weighted by Gasteiger charge is -2.51. The lowest BCUT2D eigenvalue weighted by molar-refractivity contribution is -0.125. The van der Waals surface area contributed by atoms with Gasteiger partial charge in [-0.15, -0.1) is 0 Å². The van der Waals surface area contributed by atoms with E-state index in [0.717, 1.165) is 32.1 Å². The highest BCUT2D eigenvalue weighted by atomic mass is 16.2. The summed E-state index contributed by atoms with van der Waals surface area (Å²) in [5.74, 6) is -0.957. The molecular weight excluding hydrogens is 394 g/mol. The van der Waals surface area contributed by atoms with Crippen molar-refractivity contribution in [3.63, 3.8) is 0 Å². The SMILES string of the molecule is CCCN1C(=O)N(CC(=O)NCC(N)=O)C[C@]12CC[C@@](c1ccccc1)(N(C)C)CC2. The minimum Gasteiger partial charge on any atom is -0.368 e. The molecule has 0 aromatic heterocycles. The highest BCUT2D eigenvalue weighted by Gasteiger charge is 2.54. The second-order valence-corrected chi connectivity index (χ2v) is 9.05. The fourth-order valence-corrected chi connectivity index (χ4v) is 5.28. The van der Waals surface area contributed by atoms with Crippen molar-refractivity contribution in [3.8, 4) is 0 Å². The normalized spacial score (nSPS) is 26.0. The third-order valence-electron chi connectivity index (χ3n) is 6.98. The standard InChI is InChI=1S/C23H35N5O3/c1-4-14-28-21(31)27(16-20(30)25-15-19(24)29)17-22(28)10-12-23(13-11-22,26(2)3)18-8-6-5-7-9-18/h5-9H,4,10-17H2,1-3H3,(H2,24,29)(H,25,30)/t22-,23-. The van der Waals surface area contributed by atoms with Gasteiger partial charge in [-0.1, -0.05) is 37.3 Å². The van der Waals surface area contributed by atoms with E-state index in [1.54, 1.807) is 4.90 Å². The molecule has 0 radical (unpaired) electrons. The predicted octanol–water partition coefficient (Wildman–Crippen LogP) is 1.51. The maximum atomic E-state index is 13.2. The Hall–Kier alpha value is -2.61. The molecule has 0 unspecified atom stereocenters. The summed E-state index contributed by atoms with van der Waals surface area (Å²) in [5.41, 5.74) is 6.10. The third kappa shape index (κ3) is 4.54. The number of nitrogens with one attached hydrogen (secondary N) is 1. The number of hydrogen-bond donors (Lipinski definition) is 2. The van der Waals surface area contributed by atoms with Crippen molar-refractivity contribution in [1.82, 2.24) is 20.0 Å². The lowest BCUT2D eigenvalue weighted by Crippen LogP contribution is -2.55. The summed E-state index contributed by atoms with van der Waals surface area (Å²) in [4.78, 5) is 42.3. The summed E-state index contributed by atoms with van der Waals surface area (Å²) in [6.45, 7) is 3.02. The Labute approximate surface area is 184 Å². The van der Waals surface area contributed by atoms with Gasteiger partial charge in [-0.2, -0.15) is 0 Å². The van der Waals surface area contributed by atoms with E-state index >= 15 is 0 Å². The monoisotopic (exact) mass is 429 g/mol. The van der Waals surface area contributed by atoms with Crippen molar-refractivity contribution >= 4 is 17.8 Å². The maximum Gasteiger partial charge on any atom is 0.321 e. The van der Waals surface area contributed by atoms with Crippen LogP contribution >= 0.6 is 0 Å². The van der Waals surface area contributed by atoms with Gasteiger partial charge < -0.3 is 20.9 Å². The molecule has 2 aliphatic rings. The van der Waals surface area contributed by atoms with Crippen molar-refractivity contribution in [2.45, 2.75) is 50.1 Å². The number of amides is 4. The number of rotatable bonds is 8. The molecule has 3 rings (SSSR count). The highest BCUT2D eigenvalue weighted by Crippen LogP contribution is 2.48. The number of nitrogens with two attached hydrogens (primary N) is 1. The van der Waals surface area contributed by atoms with Crippen LogP contribution in [0.5, 0.6) is 0 Å². The van der Waals surface area contributed by atoms with Gasteiger partial charge in [0.25, 0.3) is 0 Å². The van der Waals surface area contributed by atoms with Gasteiger partial charge in [0.2, 0.25) is 11.8 Å². The van der Waals surface area contributed by atoms with Gasteiger partial charge in [0.15, 0.2) is 0 Å². The number of carbonyl (C=O) groups excluding carboxylic acids is 3. The number of hydrogen-bond acceptors (Lipinski definition) is 4. The summed E-state index contributed by atoms with van der Waals surface area (Å²) in [6.07, 6.45) is 4.52. The van der Waals surface area contributed by atoms with Crippen LogP contribution in [0, 0.1) is 0 Å². The van der Waals surface area contributed by atoms with Crippen molar-refractivity contribution in [2.75, 3.05) is 40.3 Å². The Balaban J connectivity index is 1.78. The molecule has 1 aliphatic heterocycles. The first-order valence-electron chi connectivity index (χ1n) is 11.1. The Morgan fingerprint density at radius 1 is 1.13 bits per heavy atom. The Morgan fingerprint density at radius 2 is 1.77 bits per heavy atom. The fourth-order valence-electron chi connectivity index (χ4n) is 5.28. The van der Waals surface area contributed by atoms with Gasteiger partial charge in [0, 0.05) is 18.6 Å². The molecule has 1 saturated heterocycles. The number of carbonyl (C=O) groups is 3. The van der Waals surface area contributed by atoms with E-state index in [1.807, 2.05) is 11.0 Å². The Kier molecular flexibility index (Phi) is 6.89. The number of nitrogens with zero attached hydrogens (tertiary/aromatic N) is 3. The van der Waals surface area contributed by atoms with Crippen LogP contribution in [0.15, 0.2) is 30.3 Å². The first-order chi connectivity index (χ1) is 14.7. The molecule has 1 heterocycles. The molecule has 3 N–H and O–H groups in total. The minimum atomic E-state index is -0.599. The molecule has 8 nitrogen and oxygen atoms in total. The van der Waals surface area contributed by atoms with Gasteiger partial charge in [-0.25, -0.2) is 4.79 Å². The summed E-state index contributed by atoms with van der Waals surface area (Å²) < 4.78 is 0. The number of primary amides is 1. The van der Waals surface area contributed by atoms with Crippen LogP contribution in [0.1, 0.15) is 44.6 Å². The molecule has 0 bridgehead atoms. The zero-order chi connectivity index (χ0) is 22.6. The number of urea groups is 1. The van der Waals surface area contributed by atoms with E-state index in [9.17, 15) is 14.4 Å². The summed E-state index contributed by atoms with van der Waals surface area (Å²) in [7, 11) is 4.26. The van der Waals surface area contributed by atoms with E-state index in [0.29, 0.717) is 13.1 Å². The first kappa shape index (κ1) is 23.1. The molecule has 0 atom stereocenters. The molecule has 1 aromatic carbocycles. The van der Waals surface area contributed by atoms with E-state index < -0.39 is 5.91 Å². The molecule has 1 saturated carbocycles. The highest BCUT2D eigenvalue weighted by molar-refractivity contribution is 5.88. The van der Waals surface area contributed by atoms with Crippen LogP contribution in [0.3, 0.4) is 0 Å². The molecule has 8 heteroatoms. The largest absolute Gasteiger partial charge is 0.368 e. The Morgan fingerprint density at radius 3 is 2.32 bits per heavy atom. The summed E-state index contributed by atoms with van der Waals surface area (Å²) in [6, 6.07) is 10.5. The molecule has 1 aromatic rings. The van der Waals surface area contributed by atoms with Gasteiger partial charge in [-0.05, 0) is 51.8 Å². The molecule has 170 valence electrons. The third-order valence-corrected chi connectivity index (χ3v) is 6.98. The number of benzene rings is 1. The molecule has 1 aliphatic carbocycles. The van der Waals surface area contributed by atoms with Crippen LogP contribution in [0.2, 0.25) is 0 Å². The van der Waals surface area contributed by atoms with Crippen LogP contribution in [0.25, 0.3) is 0 Å². The summed E-state index contributed by atoms with van der Waals surface area (Å²) >= 11 is 0. The zero-order valence-electron chi connectivity index (χ0n) is 18.9. The van der Waals surface area contributed by atoms with E-state index in [4.69, 9.17) is 5.73 Å². The average molecular weight is 430 g/mol. The van der Waals surface area contributed by atoms with Crippen molar-refractivity contribution in [1.29, 1.82) is 0 Å². The van der Waals surface area contributed by atoms with Crippen molar-refractivity contribution in [3.05, 3.63) is 35.9 Å². The van der Waals surface area contributed by atoms with E-state index in [-0.39, 0.29) is 36.1 Å². The van der Waals surface area contributed by atoms with Crippen LogP contribution < -0.4 is 11.1 Å². The van der Waals surface area contributed by atoms with Crippen molar-refractivity contribution < 1.29 is 14.4 Å². The predicted molar refractivity (Wildman–Crippen MR) is 119 cm³/mol. The van der Waals surface area contributed by atoms with Crippen molar-refractivity contribution in [2.24, 2.45) is 5.73 Å². The van der Waals surface area contributed by atoms with Gasteiger partial charge in [0.05, 0.1) is 12.1 Å². The van der Waals surface area contributed by atoms with Crippen LogP contribution in [-0.4, -0.2) is 78.4 Å². The molecular formula is C23H35N5O3. The zero-order valence-corrected chi connectivity index (χ0v) is 18.9. The molecule has 31 heavy (non-hydrogen) atoms. The molecule has 4 amide bonds. The second-order valence-electron chi connectivity index (χ2n) is 9.05. The minimum absolute atomic E-state index is 0.0500. The molecule has 1 spiro atoms. The van der Waals surface area contributed by atoms with E-state index in [1.165, 1.54) is 5.56 Å². The maximum absolute atomic E-state index is 13.2. The van der Waals surface area contributed by atoms with Gasteiger partial charge >= 0.3 is 6.03 Å². The first-order valence-corrected chi connectivity index (χ1v) is 11.1. The Bertz CT molecular complexity index is 803. The van der Waals surface area contributed by atoms with Crippen LogP contribution in [-0.2, 0) is 15.1 Å². The average Bonchev–Trinajstić information content (AvgIpc) is 2.99. The van der Waals surface area contributed by atoms with Gasteiger partial charge in [0.1, 0.15) is 6.54 Å². The second kappa shape index (κ2) is 9.26. The van der Waals surface area contributed by atoms with E-state index in [2.05, 4.69) is 55.5 Å². The topological polar surface area (TPSA) is 99.0 Å². The quantitative estimate of drug-likeness (QED) is 0.654.